The highest BCUT2D eigenvalue weighted by molar-refractivity contribution is 6.35. The number of pyridine rings is 1. The van der Waals surface area contributed by atoms with Gasteiger partial charge in [0.2, 0.25) is 0 Å². The van der Waals surface area contributed by atoms with E-state index in [0.29, 0.717) is 27.7 Å². The van der Waals surface area contributed by atoms with Crippen molar-refractivity contribution in [1.82, 2.24) is 9.97 Å². The van der Waals surface area contributed by atoms with Crippen LogP contribution in [0, 0.1) is 11.7 Å². The second-order valence-corrected chi connectivity index (χ2v) is 11.6. The summed E-state index contributed by atoms with van der Waals surface area (Å²) >= 11 is 12.5. The molecule has 3 nitrogen and oxygen atoms in total. The van der Waals surface area contributed by atoms with Crippen LogP contribution in [0.1, 0.15) is 76.2 Å². The van der Waals surface area contributed by atoms with Gasteiger partial charge in [0.25, 0.3) is 0 Å². The summed E-state index contributed by atoms with van der Waals surface area (Å²) in [5.74, 6) is 0.495. The minimum atomic E-state index is -0.219. The van der Waals surface area contributed by atoms with Gasteiger partial charge in [-0.2, -0.15) is 0 Å². The first-order valence-electron chi connectivity index (χ1n) is 13.8. The Kier molecular flexibility index (Phi) is 8.89. The first-order chi connectivity index (χ1) is 18.0. The van der Waals surface area contributed by atoms with Gasteiger partial charge in [0.05, 0.1) is 21.2 Å². The monoisotopic (exact) mass is 539 g/mol. The molecule has 5 rings (SSSR count). The fourth-order valence-corrected chi connectivity index (χ4v) is 6.25. The Bertz CT molecular complexity index is 1340. The standard InChI is InChI=1S/C31H36Cl2FN3/c32-24-16-23-15-22(12-13-29(23)35-19-24)14-21-8-4-1-2-6-10-25(11-7-3-5-9-21)37-31-17-26-27(33)20-36-30(26)18-28(31)34/h12-13,15-21,25,36-37H,1-11,14H2. The molecule has 2 aromatic heterocycles. The zero-order chi connectivity index (χ0) is 25.6. The number of nitrogens with one attached hydrogen (secondary N) is 2. The van der Waals surface area contributed by atoms with Crippen molar-refractivity contribution in [1.29, 1.82) is 0 Å². The van der Waals surface area contributed by atoms with E-state index in [0.717, 1.165) is 41.1 Å². The fraction of sp³-hybridized carbons (Fsp3) is 0.452. The third kappa shape index (κ3) is 6.97. The number of anilines is 1. The van der Waals surface area contributed by atoms with E-state index in [1.807, 2.05) is 12.1 Å². The molecule has 1 saturated carbocycles. The fourth-order valence-electron chi connectivity index (χ4n) is 5.87. The van der Waals surface area contributed by atoms with Crippen molar-refractivity contribution in [2.45, 2.75) is 83.1 Å². The molecular weight excluding hydrogens is 504 g/mol. The Morgan fingerprint density at radius 1 is 0.892 bits per heavy atom. The highest BCUT2D eigenvalue weighted by Gasteiger charge is 2.16. The van der Waals surface area contributed by atoms with Crippen LogP contribution in [0.4, 0.5) is 10.1 Å². The van der Waals surface area contributed by atoms with Crippen molar-refractivity contribution in [3.63, 3.8) is 0 Å². The van der Waals surface area contributed by atoms with E-state index in [-0.39, 0.29) is 5.82 Å². The molecule has 1 fully saturated rings. The predicted molar refractivity (Wildman–Crippen MR) is 155 cm³/mol. The van der Waals surface area contributed by atoms with Gasteiger partial charge in [0.15, 0.2) is 0 Å². The number of aromatic nitrogens is 2. The maximum Gasteiger partial charge on any atom is 0.148 e. The van der Waals surface area contributed by atoms with Gasteiger partial charge in [-0.15, -0.1) is 0 Å². The van der Waals surface area contributed by atoms with Crippen molar-refractivity contribution in [3.8, 4) is 0 Å². The lowest BCUT2D eigenvalue weighted by molar-refractivity contribution is 0.405. The molecule has 0 amide bonds. The van der Waals surface area contributed by atoms with Crippen LogP contribution < -0.4 is 5.32 Å². The topological polar surface area (TPSA) is 40.7 Å². The zero-order valence-corrected chi connectivity index (χ0v) is 22.9. The van der Waals surface area contributed by atoms with Crippen LogP contribution in [-0.2, 0) is 6.42 Å². The number of aromatic amines is 1. The Balaban J connectivity index is 1.18. The third-order valence-electron chi connectivity index (χ3n) is 7.90. The van der Waals surface area contributed by atoms with Crippen molar-refractivity contribution in [3.05, 3.63) is 70.2 Å². The summed E-state index contributed by atoms with van der Waals surface area (Å²) in [4.78, 5) is 7.47. The van der Waals surface area contributed by atoms with Crippen LogP contribution in [0.2, 0.25) is 10.0 Å². The summed E-state index contributed by atoms with van der Waals surface area (Å²) in [6.07, 6.45) is 17.8. The van der Waals surface area contributed by atoms with Gasteiger partial charge in [0, 0.05) is 40.8 Å². The van der Waals surface area contributed by atoms with Gasteiger partial charge in [-0.05, 0) is 55.0 Å². The molecule has 2 heterocycles. The van der Waals surface area contributed by atoms with Gasteiger partial charge in [-0.1, -0.05) is 87.1 Å². The average molecular weight is 541 g/mol. The maximum atomic E-state index is 14.8. The average Bonchev–Trinajstić information content (AvgIpc) is 3.24. The molecule has 2 N–H and O–H groups in total. The van der Waals surface area contributed by atoms with Gasteiger partial charge in [-0.25, -0.2) is 4.39 Å². The van der Waals surface area contributed by atoms with Crippen LogP contribution >= 0.6 is 23.2 Å². The van der Waals surface area contributed by atoms with E-state index < -0.39 is 0 Å². The molecule has 0 saturated heterocycles. The molecular formula is C31H36Cl2FN3. The van der Waals surface area contributed by atoms with Crippen LogP contribution in [0.3, 0.4) is 0 Å². The molecule has 0 spiro atoms. The number of H-pyrrole nitrogens is 1. The summed E-state index contributed by atoms with van der Waals surface area (Å²) in [6.45, 7) is 0. The Labute approximate surface area is 229 Å². The number of benzene rings is 2. The van der Waals surface area contributed by atoms with E-state index in [2.05, 4.69) is 33.5 Å². The minimum absolute atomic E-state index is 0.219. The molecule has 2 aromatic carbocycles. The molecule has 0 bridgehead atoms. The molecule has 1 aliphatic carbocycles. The highest BCUT2D eigenvalue weighted by atomic mass is 35.5. The second kappa shape index (κ2) is 12.5. The Hall–Kier alpha value is -2.30. The van der Waals surface area contributed by atoms with Gasteiger partial charge >= 0.3 is 0 Å². The summed E-state index contributed by atoms with van der Waals surface area (Å²) < 4.78 is 14.8. The quantitative estimate of drug-likeness (QED) is 0.270. The molecule has 1 aliphatic rings. The van der Waals surface area contributed by atoms with Gasteiger partial charge in [-0.3, -0.25) is 4.98 Å². The number of rotatable bonds is 4. The first-order valence-corrected chi connectivity index (χ1v) is 14.6. The van der Waals surface area contributed by atoms with Crippen molar-refractivity contribution in [2.24, 2.45) is 5.92 Å². The van der Waals surface area contributed by atoms with Gasteiger partial charge in [0.1, 0.15) is 5.82 Å². The zero-order valence-electron chi connectivity index (χ0n) is 21.3. The SMILES string of the molecule is Fc1cc2[nH]cc(Cl)c2cc1NC1CCCCCCC(Cc2ccc3ncc(Cl)cc3c2)CCCCC1. The number of fused-ring (bicyclic) bond motifs is 2. The van der Waals surface area contributed by atoms with E-state index in [1.165, 1.54) is 63.4 Å². The summed E-state index contributed by atoms with van der Waals surface area (Å²) in [7, 11) is 0. The molecule has 2 atom stereocenters. The molecule has 0 aliphatic heterocycles. The lowest BCUT2D eigenvalue weighted by atomic mass is 9.88. The number of hydrogen-bond donors (Lipinski definition) is 2. The second-order valence-electron chi connectivity index (χ2n) is 10.7. The predicted octanol–water partition coefficient (Wildman–Crippen LogP) is 10.1. The molecule has 2 unspecified atom stereocenters. The minimum Gasteiger partial charge on any atom is -0.380 e. The summed E-state index contributed by atoms with van der Waals surface area (Å²) in [6, 6.07) is 12.3. The molecule has 196 valence electrons. The first kappa shape index (κ1) is 26.3. The van der Waals surface area contributed by atoms with Crippen molar-refractivity contribution < 1.29 is 4.39 Å². The number of nitrogens with zero attached hydrogens (tertiary/aromatic N) is 1. The van der Waals surface area contributed by atoms with E-state index in [1.54, 1.807) is 18.5 Å². The van der Waals surface area contributed by atoms with Gasteiger partial charge < -0.3 is 10.3 Å². The molecule has 37 heavy (non-hydrogen) atoms. The number of hydrogen-bond acceptors (Lipinski definition) is 2. The van der Waals surface area contributed by atoms with E-state index in [4.69, 9.17) is 23.2 Å². The maximum absolute atomic E-state index is 14.8. The van der Waals surface area contributed by atoms with Crippen molar-refractivity contribution >= 4 is 50.7 Å². The lowest BCUT2D eigenvalue weighted by Crippen LogP contribution is -2.20. The lowest BCUT2D eigenvalue weighted by Gasteiger charge is -2.21. The molecule has 6 heteroatoms. The van der Waals surface area contributed by atoms with Crippen LogP contribution in [0.5, 0.6) is 0 Å². The summed E-state index contributed by atoms with van der Waals surface area (Å²) in [5, 5.41) is 6.84. The van der Waals surface area contributed by atoms with Crippen LogP contribution in [-0.4, -0.2) is 16.0 Å². The Morgan fingerprint density at radius 3 is 2.41 bits per heavy atom. The number of halogens is 3. The molecule has 0 radical (unpaired) electrons. The van der Waals surface area contributed by atoms with Crippen LogP contribution in [0.25, 0.3) is 21.8 Å². The summed E-state index contributed by atoms with van der Waals surface area (Å²) in [5.41, 5.74) is 3.69. The Morgan fingerprint density at radius 2 is 1.62 bits per heavy atom. The van der Waals surface area contributed by atoms with Crippen LogP contribution in [0.15, 0.2) is 48.8 Å². The van der Waals surface area contributed by atoms with E-state index in [9.17, 15) is 4.39 Å². The highest BCUT2D eigenvalue weighted by Crippen LogP contribution is 2.30. The smallest absolute Gasteiger partial charge is 0.148 e. The van der Waals surface area contributed by atoms with E-state index >= 15 is 0 Å². The largest absolute Gasteiger partial charge is 0.380 e. The normalized spacial score (nSPS) is 20.3. The van der Waals surface area contributed by atoms with Crippen molar-refractivity contribution in [2.75, 3.05) is 5.32 Å². The third-order valence-corrected chi connectivity index (χ3v) is 8.41. The molecule has 4 aromatic rings.